The molecule has 0 fully saturated rings. The van der Waals surface area contributed by atoms with E-state index in [1.54, 1.807) is 0 Å². The Labute approximate surface area is 163 Å². The summed E-state index contributed by atoms with van der Waals surface area (Å²) >= 11 is 0. The summed E-state index contributed by atoms with van der Waals surface area (Å²) in [5.74, 6) is 0.785. The molecular weight excluding hydrogens is 342 g/mol. The summed E-state index contributed by atoms with van der Waals surface area (Å²) in [6.07, 6.45) is 0. The zero-order valence-electron chi connectivity index (χ0n) is 15.6. The number of anilines is 1. The summed E-state index contributed by atoms with van der Waals surface area (Å²) in [6.45, 7) is 0. The second-order valence-electron chi connectivity index (χ2n) is 6.77. The maximum absolute atomic E-state index is 5.05. The Kier molecular flexibility index (Phi) is 3.99. The molecule has 0 aliphatic rings. The Morgan fingerprint density at radius 2 is 1.39 bits per heavy atom. The molecule has 3 heteroatoms. The van der Waals surface area contributed by atoms with Gasteiger partial charge in [-0.1, -0.05) is 78.9 Å². The fraction of sp³-hybridized carbons (Fsp3) is 0.0400. The normalized spacial score (nSPS) is 11.0. The lowest BCUT2D eigenvalue weighted by atomic mass is 10.0. The number of hydrogen-bond donors (Lipinski definition) is 1. The molecule has 0 spiro atoms. The molecule has 1 heterocycles. The summed E-state index contributed by atoms with van der Waals surface area (Å²) < 4.78 is 0. The van der Waals surface area contributed by atoms with Crippen molar-refractivity contribution < 1.29 is 0 Å². The lowest BCUT2D eigenvalue weighted by molar-refractivity contribution is 1.27. The van der Waals surface area contributed by atoms with Crippen molar-refractivity contribution in [1.29, 1.82) is 0 Å². The largest absolute Gasteiger partial charge is 0.371 e. The van der Waals surface area contributed by atoms with Gasteiger partial charge in [0, 0.05) is 18.0 Å². The molecule has 1 aromatic heterocycles. The molecule has 0 radical (unpaired) electrons. The van der Waals surface area contributed by atoms with E-state index in [4.69, 9.17) is 9.97 Å². The van der Waals surface area contributed by atoms with Crippen LogP contribution < -0.4 is 5.32 Å². The van der Waals surface area contributed by atoms with Gasteiger partial charge >= 0.3 is 0 Å². The highest BCUT2D eigenvalue weighted by atomic mass is 15.0. The lowest BCUT2D eigenvalue weighted by Crippen LogP contribution is -2.00. The van der Waals surface area contributed by atoms with Crippen LogP contribution in [0.25, 0.3) is 44.2 Å². The minimum atomic E-state index is 0.785. The first-order valence-electron chi connectivity index (χ1n) is 9.36. The van der Waals surface area contributed by atoms with Gasteiger partial charge in [-0.25, -0.2) is 9.97 Å². The van der Waals surface area contributed by atoms with Crippen LogP contribution in [0.15, 0.2) is 91.0 Å². The zero-order chi connectivity index (χ0) is 18.9. The van der Waals surface area contributed by atoms with Gasteiger partial charge in [0.05, 0.1) is 11.0 Å². The summed E-state index contributed by atoms with van der Waals surface area (Å²) in [5.41, 5.74) is 6.09. The molecular formula is C25H19N3. The number of aromatic nitrogens is 2. The Hall–Kier alpha value is -3.72. The number of nitrogens with zero attached hydrogens (tertiary/aromatic N) is 2. The van der Waals surface area contributed by atoms with Crippen molar-refractivity contribution in [3.63, 3.8) is 0 Å². The second kappa shape index (κ2) is 6.78. The minimum Gasteiger partial charge on any atom is -0.371 e. The molecule has 0 aliphatic heterocycles. The maximum atomic E-state index is 5.05. The van der Waals surface area contributed by atoms with Gasteiger partial charge in [-0.05, 0) is 28.6 Å². The first kappa shape index (κ1) is 16.5. The average Bonchev–Trinajstić information content (AvgIpc) is 2.78. The van der Waals surface area contributed by atoms with E-state index in [9.17, 15) is 0 Å². The van der Waals surface area contributed by atoms with E-state index in [-0.39, 0.29) is 0 Å². The van der Waals surface area contributed by atoms with Gasteiger partial charge in [-0.3, -0.25) is 0 Å². The van der Waals surface area contributed by atoms with E-state index in [1.165, 1.54) is 16.5 Å². The molecule has 134 valence electrons. The van der Waals surface area contributed by atoms with E-state index in [2.05, 4.69) is 72.0 Å². The van der Waals surface area contributed by atoms with Crippen LogP contribution in [0.3, 0.4) is 0 Å². The van der Waals surface area contributed by atoms with Crippen molar-refractivity contribution in [2.24, 2.45) is 0 Å². The zero-order valence-corrected chi connectivity index (χ0v) is 15.6. The van der Waals surface area contributed by atoms with E-state index in [0.717, 1.165) is 33.5 Å². The van der Waals surface area contributed by atoms with Crippen molar-refractivity contribution in [3.05, 3.63) is 91.0 Å². The number of fused-ring (bicyclic) bond motifs is 3. The predicted molar refractivity (Wildman–Crippen MR) is 117 cm³/mol. The first-order chi connectivity index (χ1) is 13.8. The fourth-order valence-electron chi connectivity index (χ4n) is 3.64. The maximum Gasteiger partial charge on any atom is 0.153 e. The van der Waals surface area contributed by atoms with E-state index in [0.29, 0.717) is 0 Å². The molecule has 0 amide bonds. The van der Waals surface area contributed by atoms with Gasteiger partial charge in [-0.2, -0.15) is 0 Å². The highest BCUT2D eigenvalue weighted by Gasteiger charge is 2.13. The second-order valence-corrected chi connectivity index (χ2v) is 6.77. The standard InChI is InChI=1S/C25H19N3/c1-26-25-23(20-12-7-11-19(16-20)17-8-3-2-4-9-17)28-24-21-13-6-5-10-18(21)14-15-22(24)27-25/h2-16H,1H3,(H,26,27). The van der Waals surface area contributed by atoms with Gasteiger partial charge in [0.1, 0.15) is 5.69 Å². The van der Waals surface area contributed by atoms with Gasteiger partial charge in [0.2, 0.25) is 0 Å². The van der Waals surface area contributed by atoms with Crippen LogP contribution in [-0.4, -0.2) is 17.0 Å². The molecule has 0 atom stereocenters. The molecule has 5 rings (SSSR count). The van der Waals surface area contributed by atoms with Crippen LogP contribution in [0.5, 0.6) is 0 Å². The van der Waals surface area contributed by atoms with Crippen LogP contribution in [0, 0.1) is 0 Å². The third-order valence-corrected chi connectivity index (χ3v) is 5.04. The van der Waals surface area contributed by atoms with Crippen LogP contribution in [0.1, 0.15) is 0 Å². The molecule has 0 bridgehead atoms. The monoisotopic (exact) mass is 361 g/mol. The predicted octanol–water partition coefficient (Wildman–Crippen LogP) is 6.16. The number of benzene rings is 4. The lowest BCUT2D eigenvalue weighted by Gasteiger charge is -2.12. The van der Waals surface area contributed by atoms with Crippen LogP contribution in [-0.2, 0) is 0 Å². The van der Waals surface area contributed by atoms with Gasteiger partial charge in [0.15, 0.2) is 5.82 Å². The summed E-state index contributed by atoms with van der Waals surface area (Å²) in [4.78, 5) is 9.90. The molecule has 3 nitrogen and oxygen atoms in total. The Morgan fingerprint density at radius 3 is 2.25 bits per heavy atom. The Morgan fingerprint density at radius 1 is 0.643 bits per heavy atom. The topological polar surface area (TPSA) is 37.8 Å². The van der Waals surface area contributed by atoms with E-state index < -0.39 is 0 Å². The van der Waals surface area contributed by atoms with Crippen LogP contribution in [0.4, 0.5) is 5.82 Å². The van der Waals surface area contributed by atoms with Gasteiger partial charge in [-0.15, -0.1) is 0 Å². The molecule has 4 aromatic carbocycles. The third-order valence-electron chi connectivity index (χ3n) is 5.04. The van der Waals surface area contributed by atoms with Crippen LogP contribution in [0.2, 0.25) is 0 Å². The van der Waals surface area contributed by atoms with Gasteiger partial charge in [0.25, 0.3) is 0 Å². The van der Waals surface area contributed by atoms with Crippen molar-refractivity contribution >= 4 is 27.6 Å². The third kappa shape index (κ3) is 2.78. The summed E-state index contributed by atoms with van der Waals surface area (Å²) in [5, 5.41) is 5.51. The number of nitrogens with one attached hydrogen (secondary N) is 1. The fourth-order valence-corrected chi connectivity index (χ4v) is 3.64. The van der Waals surface area contributed by atoms with Crippen molar-refractivity contribution in [2.45, 2.75) is 0 Å². The number of hydrogen-bond acceptors (Lipinski definition) is 3. The quantitative estimate of drug-likeness (QED) is 0.391. The summed E-state index contributed by atoms with van der Waals surface area (Å²) in [6, 6.07) is 31.3. The van der Waals surface area contributed by atoms with Gasteiger partial charge < -0.3 is 5.32 Å². The highest BCUT2D eigenvalue weighted by Crippen LogP contribution is 2.32. The molecule has 0 saturated heterocycles. The smallest absolute Gasteiger partial charge is 0.153 e. The highest BCUT2D eigenvalue weighted by molar-refractivity contribution is 6.05. The van der Waals surface area contributed by atoms with Crippen molar-refractivity contribution in [3.8, 4) is 22.4 Å². The molecule has 1 N–H and O–H groups in total. The summed E-state index contributed by atoms with van der Waals surface area (Å²) in [7, 11) is 1.89. The van der Waals surface area contributed by atoms with E-state index in [1.807, 2.05) is 31.3 Å². The molecule has 0 unspecified atom stereocenters. The molecule has 5 aromatic rings. The number of rotatable bonds is 3. The van der Waals surface area contributed by atoms with E-state index >= 15 is 0 Å². The van der Waals surface area contributed by atoms with Crippen LogP contribution >= 0.6 is 0 Å². The van der Waals surface area contributed by atoms with Crippen molar-refractivity contribution in [1.82, 2.24) is 9.97 Å². The SMILES string of the molecule is CNc1nc2ccc3ccccc3c2nc1-c1cccc(-c2ccccc2)c1. The van der Waals surface area contributed by atoms with Crippen molar-refractivity contribution in [2.75, 3.05) is 12.4 Å². The minimum absolute atomic E-state index is 0.785. The molecule has 0 saturated carbocycles. The Bertz CT molecular complexity index is 1290. The molecule has 28 heavy (non-hydrogen) atoms. The average molecular weight is 361 g/mol. The Balaban J connectivity index is 1.75. The molecule has 0 aliphatic carbocycles. The first-order valence-corrected chi connectivity index (χ1v) is 9.36.